The van der Waals surface area contributed by atoms with E-state index in [-0.39, 0.29) is 0 Å². The Hall–Kier alpha value is -0.0400. The maximum atomic E-state index is 3.25. The SMILES string of the molecule is CNCC1(C)CC(C)(C)C1. The van der Waals surface area contributed by atoms with Crippen molar-refractivity contribution in [2.45, 2.75) is 33.6 Å². The molecule has 1 fully saturated rings. The number of hydrogen-bond acceptors (Lipinski definition) is 1. The van der Waals surface area contributed by atoms with Gasteiger partial charge in [-0.2, -0.15) is 0 Å². The third-order valence-corrected chi connectivity index (χ3v) is 2.41. The van der Waals surface area contributed by atoms with E-state index >= 15 is 0 Å². The first-order valence-corrected chi connectivity index (χ1v) is 4.12. The summed E-state index contributed by atoms with van der Waals surface area (Å²) >= 11 is 0. The second-order valence-corrected chi connectivity index (χ2v) is 4.86. The molecule has 0 aromatic carbocycles. The van der Waals surface area contributed by atoms with Crippen molar-refractivity contribution in [3.8, 4) is 0 Å². The predicted molar refractivity (Wildman–Crippen MR) is 45.0 cm³/mol. The van der Waals surface area contributed by atoms with Crippen molar-refractivity contribution in [2.75, 3.05) is 13.6 Å². The van der Waals surface area contributed by atoms with Crippen molar-refractivity contribution in [3.05, 3.63) is 0 Å². The van der Waals surface area contributed by atoms with E-state index in [0.29, 0.717) is 10.8 Å². The minimum atomic E-state index is 0.595. The topological polar surface area (TPSA) is 12.0 Å². The molecule has 0 radical (unpaired) electrons. The summed E-state index contributed by atoms with van der Waals surface area (Å²) in [6.07, 6.45) is 2.75. The molecule has 0 aromatic heterocycles. The number of hydrogen-bond donors (Lipinski definition) is 1. The minimum absolute atomic E-state index is 0.595. The van der Waals surface area contributed by atoms with Gasteiger partial charge in [-0.25, -0.2) is 0 Å². The van der Waals surface area contributed by atoms with Gasteiger partial charge in [-0.3, -0.25) is 0 Å². The molecule has 0 bridgehead atoms. The monoisotopic (exact) mass is 141 g/mol. The zero-order valence-electron chi connectivity index (χ0n) is 7.62. The molecule has 0 atom stereocenters. The van der Waals surface area contributed by atoms with Crippen LogP contribution in [0.1, 0.15) is 33.6 Å². The molecule has 1 N–H and O–H groups in total. The van der Waals surface area contributed by atoms with Gasteiger partial charge < -0.3 is 5.32 Å². The normalized spacial score (nSPS) is 27.6. The Labute approximate surface area is 64.2 Å². The fourth-order valence-electron chi connectivity index (χ4n) is 2.81. The number of nitrogens with one attached hydrogen (secondary N) is 1. The summed E-state index contributed by atoms with van der Waals surface area (Å²) in [5.41, 5.74) is 1.21. The van der Waals surface area contributed by atoms with Crippen LogP contribution in [0, 0.1) is 10.8 Å². The molecule has 1 nitrogen and oxygen atoms in total. The smallest absolute Gasteiger partial charge is 0.000256 e. The first-order chi connectivity index (χ1) is 4.47. The van der Waals surface area contributed by atoms with Gasteiger partial charge in [0.05, 0.1) is 0 Å². The molecule has 60 valence electrons. The van der Waals surface area contributed by atoms with E-state index in [9.17, 15) is 0 Å². The van der Waals surface area contributed by atoms with Crippen LogP contribution in [-0.4, -0.2) is 13.6 Å². The molecule has 0 spiro atoms. The quantitative estimate of drug-likeness (QED) is 0.620. The van der Waals surface area contributed by atoms with Crippen LogP contribution in [0.25, 0.3) is 0 Å². The molecule has 0 heterocycles. The maximum absolute atomic E-state index is 3.25. The zero-order chi connectivity index (χ0) is 7.83. The highest BCUT2D eigenvalue weighted by Gasteiger charge is 2.44. The summed E-state index contributed by atoms with van der Waals surface area (Å²) < 4.78 is 0. The molecular formula is C9H19N. The van der Waals surface area contributed by atoms with Crippen molar-refractivity contribution in [3.63, 3.8) is 0 Å². The predicted octanol–water partition coefficient (Wildman–Crippen LogP) is 2.03. The maximum Gasteiger partial charge on any atom is 0.000256 e. The molecular weight excluding hydrogens is 122 g/mol. The molecule has 0 aromatic rings. The van der Waals surface area contributed by atoms with E-state index in [1.54, 1.807) is 0 Å². The van der Waals surface area contributed by atoms with Crippen LogP contribution in [-0.2, 0) is 0 Å². The second kappa shape index (κ2) is 2.23. The summed E-state index contributed by atoms with van der Waals surface area (Å²) in [4.78, 5) is 0. The lowest BCUT2D eigenvalue weighted by atomic mass is 9.55. The highest BCUT2D eigenvalue weighted by molar-refractivity contribution is 4.96. The van der Waals surface area contributed by atoms with Gasteiger partial charge in [0.1, 0.15) is 0 Å². The highest BCUT2D eigenvalue weighted by atomic mass is 14.8. The standard InChI is InChI=1S/C9H19N/c1-8(2)5-9(3,6-8)7-10-4/h10H,5-7H2,1-4H3. The fourth-order valence-corrected chi connectivity index (χ4v) is 2.81. The summed E-state index contributed by atoms with van der Waals surface area (Å²) in [5, 5.41) is 3.25. The van der Waals surface area contributed by atoms with Gasteiger partial charge in [0.25, 0.3) is 0 Å². The van der Waals surface area contributed by atoms with Gasteiger partial charge in [-0.15, -0.1) is 0 Å². The zero-order valence-corrected chi connectivity index (χ0v) is 7.62. The van der Waals surface area contributed by atoms with Crippen LogP contribution in [0.2, 0.25) is 0 Å². The van der Waals surface area contributed by atoms with Gasteiger partial charge in [0.15, 0.2) is 0 Å². The third kappa shape index (κ3) is 1.51. The average molecular weight is 141 g/mol. The lowest BCUT2D eigenvalue weighted by molar-refractivity contribution is 0.00570. The Morgan fingerprint density at radius 1 is 1.20 bits per heavy atom. The van der Waals surface area contributed by atoms with Crippen molar-refractivity contribution >= 4 is 0 Å². The van der Waals surface area contributed by atoms with E-state index in [4.69, 9.17) is 0 Å². The molecule has 1 heteroatoms. The Bertz CT molecular complexity index is 119. The molecule has 10 heavy (non-hydrogen) atoms. The fraction of sp³-hybridized carbons (Fsp3) is 1.00. The van der Waals surface area contributed by atoms with E-state index in [1.165, 1.54) is 19.4 Å². The van der Waals surface area contributed by atoms with Crippen LogP contribution >= 0.6 is 0 Å². The van der Waals surface area contributed by atoms with Gasteiger partial charge >= 0.3 is 0 Å². The van der Waals surface area contributed by atoms with E-state index in [2.05, 4.69) is 26.1 Å². The van der Waals surface area contributed by atoms with E-state index in [1.807, 2.05) is 7.05 Å². The Morgan fingerprint density at radius 3 is 2.00 bits per heavy atom. The van der Waals surface area contributed by atoms with Crippen molar-refractivity contribution in [1.82, 2.24) is 5.32 Å². The van der Waals surface area contributed by atoms with Crippen molar-refractivity contribution in [1.29, 1.82) is 0 Å². The molecule has 1 saturated carbocycles. The summed E-state index contributed by atoms with van der Waals surface area (Å²) in [6.45, 7) is 8.25. The molecule has 1 aliphatic carbocycles. The summed E-state index contributed by atoms with van der Waals surface area (Å²) in [6, 6.07) is 0. The van der Waals surface area contributed by atoms with Gasteiger partial charge in [-0.1, -0.05) is 20.8 Å². The third-order valence-electron chi connectivity index (χ3n) is 2.41. The van der Waals surface area contributed by atoms with Crippen LogP contribution in [0.4, 0.5) is 0 Å². The molecule has 1 rings (SSSR count). The highest BCUT2D eigenvalue weighted by Crippen LogP contribution is 2.53. The van der Waals surface area contributed by atoms with Gasteiger partial charge in [-0.05, 0) is 30.7 Å². The van der Waals surface area contributed by atoms with Gasteiger partial charge in [0.2, 0.25) is 0 Å². The van der Waals surface area contributed by atoms with Crippen LogP contribution < -0.4 is 5.32 Å². The van der Waals surface area contributed by atoms with E-state index < -0.39 is 0 Å². The van der Waals surface area contributed by atoms with Gasteiger partial charge in [0, 0.05) is 6.54 Å². The first kappa shape index (κ1) is 8.06. The lowest BCUT2D eigenvalue weighted by Crippen LogP contribution is -2.46. The Morgan fingerprint density at radius 2 is 1.70 bits per heavy atom. The van der Waals surface area contributed by atoms with Crippen molar-refractivity contribution < 1.29 is 0 Å². The molecule has 0 aliphatic heterocycles. The lowest BCUT2D eigenvalue weighted by Gasteiger charge is -2.51. The number of rotatable bonds is 2. The second-order valence-electron chi connectivity index (χ2n) is 4.86. The van der Waals surface area contributed by atoms with Crippen LogP contribution in [0.3, 0.4) is 0 Å². The largest absolute Gasteiger partial charge is 0.319 e. The average Bonchev–Trinajstić information content (AvgIpc) is 1.58. The molecule has 1 aliphatic rings. The Kier molecular flexibility index (Phi) is 1.80. The summed E-state index contributed by atoms with van der Waals surface area (Å²) in [7, 11) is 2.04. The molecule has 0 amide bonds. The van der Waals surface area contributed by atoms with E-state index in [0.717, 1.165) is 0 Å². The van der Waals surface area contributed by atoms with Crippen molar-refractivity contribution in [2.24, 2.45) is 10.8 Å². The Balaban J connectivity index is 2.34. The molecule has 0 unspecified atom stereocenters. The minimum Gasteiger partial charge on any atom is -0.319 e. The molecule has 0 saturated heterocycles. The summed E-state index contributed by atoms with van der Waals surface area (Å²) in [5.74, 6) is 0. The first-order valence-electron chi connectivity index (χ1n) is 4.12. The van der Waals surface area contributed by atoms with Crippen LogP contribution in [0.5, 0.6) is 0 Å². The van der Waals surface area contributed by atoms with Crippen LogP contribution in [0.15, 0.2) is 0 Å².